The smallest absolute Gasteiger partial charge is 0.125 e. The van der Waals surface area contributed by atoms with E-state index in [0.717, 1.165) is 24.2 Å². The Morgan fingerprint density at radius 3 is 2.67 bits per heavy atom. The lowest BCUT2D eigenvalue weighted by molar-refractivity contribution is 0.182. The first-order valence-electron chi connectivity index (χ1n) is 5.34. The summed E-state index contributed by atoms with van der Waals surface area (Å²) in [6, 6.07) is 4.08. The normalized spacial score (nSPS) is 16.2. The first kappa shape index (κ1) is 10.5. The fourth-order valence-electron chi connectivity index (χ4n) is 2.18. The highest BCUT2D eigenvalue weighted by molar-refractivity contribution is 5.45. The van der Waals surface area contributed by atoms with Crippen molar-refractivity contribution in [2.75, 3.05) is 13.7 Å². The Morgan fingerprint density at radius 1 is 1.40 bits per heavy atom. The summed E-state index contributed by atoms with van der Waals surface area (Å²) in [6.45, 7) is 0.231. The highest BCUT2D eigenvalue weighted by atomic mass is 16.5. The lowest BCUT2D eigenvalue weighted by atomic mass is 10.0. The van der Waals surface area contributed by atoms with Gasteiger partial charge in [-0.15, -0.1) is 0 Å². The van der Waals surface area contributed by atoms with E-state index < -0.39 is 6.10 Å². The summed E-state index contributed by atoms with van der Waals surface area (Å²) >= 11 is 0. The number of ether oxygens (including phenoxy) is 1. The number of hydrogen-bond acceptors (Lipinski definition) is 3. The van der Waals surface area contributed by atoms with Gasteiger partial charge in [0.05, 0.1) is 13.2 Å². The SMILES string of the molecule is COc1cc2c(cc1C(O)CN)CCC2. The third-order valence-corrected chi connectivity index (χ3v) is 3.03. The summed E-state index contributed by atoms with van der Waals surface area (Å²) in [6.07, 6.45) is 2.79. The van der Waals surface area contributed by atoms with Gasteiger partial charge >= 0.3 is 0 Å². The van der Waals surface area contributed by atoms with Crippen molar-refractivity contribution in [2.24, 2.45) is 5.73 Å². The number of methoxy groups -OCH3 is 1. The van der Waals surface area contributed by atoms with Crippen LogP contribution in [0.4, 0.5) is 0 Å². The number of fused-ring (bicyclic) bond motifs is 1. The monoisotopic (exact) mass is 207 g/mol. The number of aryl methyl sites for hydroxylation is 2. The van der Waals surface area contributed by atoms with Crippen LogP contribution in [0.2, 0.25) is 0 Å². The Balaban J connectivity index is 2.44. The van der Waals surface area contributed by atoms with Crippen molar-refractivity contribution in [3.8, 4) is 5.75 Å². The van der Waals surface area contributed by atoms with E-state index >= 15 is 0 Å². The number of aliphatic hydroxyl groups excluding tert-OH is 1. The summed E-state index contributed by atoms with van der Waals surface area (Å²) in [4.78, 5) is 0. The molecule has 0 heterocycles. The van der Waals surface area contributed by atoms with Crippen LogP contribution < -0.4 is 10.5 Å². The molecule has 0 radical (unpaired) electrons. The molecule has 0 saturated heterocycles. The van der Waals surface area contributed by atoms with Crippen molar-refractivity contribution >= 4 is 0 Å². The van der Waals surface area contributed by atoms with Gasteiger partial charge < -0.3 is 15.6 Å². The zero-order chi connectivity index (χ0) is 10.8. The molecule has 0 aliphatic heterocycles. The highest BCUT2D eigenvalue weighted by Gasteiger charge is 2.18. The van der Waals surface area contributed by atoms with E-state index in [1.165, 1.54) is 17.5 Å². The highest BCUT2D eigenvalue weighted by Crippen LogP contribution is 2.32. The molecule has 0 spiro atoms. The second-order valence-corrected chi connectivity index (χ2v) is 3.97. The van der Waals surface area contributed by atoms with Crippen LogP contribution in [-0.4, -0.2) is 18.8 Å². The van der Waals surface area contributed by atoms with Crippen molar-refractivity contribution in [3.63, 3.8) is 0 Å². The molecule has 2 rings (SSSR count). The molecule has 0 saturated carbocycles. The summed E-state index contributed by atoms with van der Waals surface area (Å²) in [7, 11) is 1.63. The maximum atomic E-state index is 9.77. The Hall–Kier alpha value is -1.06. The topological polar surface area (TPSA) is 55.5 Å². The minimum Gasteiger partial charge on any atom is -0.496 e. The van der Waals surface area contributed by atoms with Crippen LogP contribution in [0.3, 0.4) is 0 Å². The van der Waals surface area contributed by atoms with Crippen molar-refractivity contribution < 1.29 is 9.84 Å². The maximum absolute atomic E-state index is 9.77. The van der Waals surface area contributed by atoms with E-state index in [1.807, 2.05) is 12.1 Å². The van der Waals surface area contributed by atoms with E-state index in [4.69, 9.17) is 10.5 Å². The molecule has 1 aromatic rings. The van der Waals surface area contributed by atoms with E-state index in [9.17, 15) is 5.11 Å². The molecular formula is C12H17NO2. The van der Waals surface area contributed by atoms with Gasteiger partial charge in [-0.05, 0) is 42.5 Å². The molecule has 0 amide bonds. The van der Waals surface area contributed by atoms with E-state index in [0.29, 0.717) is 0 Å². The molecule has 1 atom stereocenters. The molecule has 0 aromatic heterocycles. The second-order valence-electron chi connectivity index (χ2n) is 3.97. The molecule has 1 aromatic carbocycles. The fourth-order valence-corrected chi connectivity index (χ4v) is 2.18. The predicted octanol–water partition coefficient (Wildman–Crippen LogP) is 1.18. The minimum atomic E-state index is -0.620. The van der Waals surface area contributed by atoms with Gasteiger partial charge in [-0.1, -0.05) is 0 Å². The van der Waals surface area contributed by atoms with Crippen LogP contribution >= 0.6 is 0 Å². The standard InChI is InChI=1S/C12H17NO2/c1-15-12-6-9-4-2-3-8(9)5-10(12)11(14)7-13/h5-6,11,14H,2-4,7,13H2,1H3. The molecule has 1 aliphatic carbocycles. The fraction of sp³-hybridized carbons (Fsp3) is 0.500. The maximum Gasteiger partial charge on any atom is 0.125 e. The number of hydrogen-bond donors (Lipinski definition) is 2. The van der Waals surface area contributed by atoms with Gasteiger partial charge in [-0.2, -0.15) is 0 Å². The quantitative estimate of drug-likeness (QED) is 0.782. The van der Waals surface area contributed by atoms with Crippen LogP contribution in [0.1, 0.15) is 29.2 Å². The van der Waals surface area contributed by atoms with Gasteiger partial charge in [-0.3, -0.25) is 0 Å². The average molecular weight is 207 g/mol. The van der Waals surface area contributed by atoms with E-state index in [-0.39, 0.29) is 6.54 Å². The van der Waals surface area contributed by atoms with Crippen molar-refractivity contribution in [3.05, 3.63) is 28.8 Å². The van der Waals surface area contributed by atoms with Gasteiger partial charge in [0.2, 0.25) is 0 Å². The van der Waals surface area contributed by atoms with Gasteiger partial charge in [-0.25, -0.2) is 0 Å². The largest absolute Gasteiger partial charge is 0.496 e. The van der Waals surface area contributed by atoms with Crippen LogP contribution in [0.5, 0.6) is 5.75 Å². The molecule has 0 bridgehead atoms. The zero-order valence-electron chi connectivity index (χ0n) is 8.99. The third kappa shape index (κ3) is 1.85. The molecular weight excluding hydrogens is 190 g/mol. The van der Waals surface area contributed by atoms with Gasteiger partial charge in [0.1, 0.15) is 5.75 Å². The zero-order valence-corrected chi connectivity index (χ0v) is 8.99. The van der Waals surface area contributed by atoms with Gasteiger partial charge in [0.25, 0.3) is 0 Å². The number of rotatable bonds is 3. The Labute approximate surface area is 89.9 Å². The van der Waals surface area contributed by atoms with Crippen molar-refractivity contribution in [1.82, 2.24) is 0 Å². The van der Waals surface area contributed by atoms with Crippen molar-refractivity contribution in [2.45, 2.75) is 25.4 Å². The van der Waals surface area contributed by atoms with Crippen LogP contribution in [0, 0.1) is 0 Å². The lowest BCUT2D eigenvalue weighted by Crippen LogP contribution is -2.13. The summed E-state index contributed by atoms with van der Waals surface area (Å²) < 4.78 is 5.28. The molecule has 3 heteroatoms. The molecule has 3 nitrogen and oxygen atoms in total. The number of benzene rings is 1. The summed E-state index contributed by atoms with van der Waals surface area (Å²) in [5.74, 6) is 0.758. The number of nitrogens with two attached hydrogens (primary N) is 1. The Kier molecular flexibility index (Phi) is 2.93. The first-order chi connectivity index (χ1) is 7.26. The lowest BCUT2D eigenvalue weighted by Gasteiger charge is -2.15. The van der Waals surface area contributed by atoms with E-state index in [2.05, 4.69) is 0 Å². The van der Waals surface area contributed by atoms with E-state index in [1.54, 1.807) is 7.11 Å². The Morgan fingerprint density at radius 2 is 2.07 bits per heavy atom. The summed E-state index contributed by atoms with van der Waals surface area (Å²) in [5, 5.41) is 9.77. The van der Waals surface area contributed by atoms with Gasteiger partial charge in [0.15, 0.2) is 0 Å². The molecule has 82 valence electrons. The molecule has 0 fully saturated rings. The number of aliphatic hydroxyl groups is 1. The average Bonchev–Trinajstić information content (AvgIpc) is 2.73. The molecule has 3 N–H and O–H groups in total. The van der Waals surface area contributed by atoms with Crippen molar-refractivity contribution in [1.29, 1.82) is 0 Å². The van der Waals surface area contributed by atoms with Crippen LogP contribution in [0.15, 0.2) is 12.1 Å². The summed E-state index contributed by atoms with van der Waals surface area (Å²) in [5.41, 5.74) is 8.97. The van der Waals surface area contributed by atoms with Crippen LogP contribution in [0.25, 0.3) is 0 Å². The second kappa shape index (κ2) is 4.21. The minimum absolute atomic E-state index is 0.231. The molecule has 1 unspecified atom stereocenters. The Bertz CT molecular complexity index is 363. The third-order valence-electron chi connectivity index (χ3n) is 3.03. The molecule has 1 aliphatic rings. The van der Waals surface area contributed by atoms with Gasteiger partial charge in [0, 0.05) is 12.1 Å². The predicted molar refractivity (Wildman–Crippen MR) is 59.0 cm³/mol. The first-order valence-corrected chi connectivity index (χ1v) is 5.34. The van der Waals surface area contributed by atoms with Crippen LogP contribution in [-0.2, 0) is 12.8 Å². The molecule has 15 heavy (non-hydrogen) atoms.